The maximum Gasteiger partial charge on any atom is 0.0428 e. The van der Waals surface area contributed by atoms with Crippen LogP contribution in [0.5, 0.6) is 0 Å². The van der Waals surface area contributed by atoms with Gasteiger partial charge in [0.2, 0.25) is 0 Å². The molecule has 3 atom stereocenters. The molecule has 0 aliphatic heterocycles. The lowest BCUT2D eigenvalue weighted by atomic mass is 10.1. The van der Waals surface area contributed by atoms with Crippen molar-refractivity contribution in [1.82, 2.24) is 0 Å². The van der Waals surface area contributed by atoms with E-state index < -0.39 is 10.8 Å². The van der Waals surface area contributed by atoms with Gasteiger partial charge in [0.05, 0.1) is 0 Å². The Morgan fingerprint density at radius 1 is 1.35 bits per heavy atom. The normalized spacial score (nSPS) is 16.5. The van der Waals surface area contributed by atoms with E-state index in [0.29, 0.717) is 11.7 Å². The van der Waals surface area contributed by atoms with Gasteiger partial charge < -0.3 is 5.73 Å². The van der Waals surface area contributed by atoms with Gasteiger partial charge in [0.25, 0.3) is 0 Å². The zero-order valence-electron chi connectivity index (χ0n) is 11.0. The minimum Gasteiger partial charge on any atom is -0.323 e. The highest BCUT2D eigenvalue weighted by molar-refractivity contribution is 7.85. The zero-order chi connectivity index (χ0) is 12.8. The second-order valence-electron chi connectivity index (χ2n) is 4.81. The van der Waals surface area contributed by atoms with E-state index in [9.17, 15) is 4.21 Å². The zero-order valence-corrected chi connectivity index (χ0v) is 11.8. The molecule has 1 rings (SSSR count). The Morgan fingerprint density at radius 2 is 2.06 bits per heavy atom. The van der Waals surface area contributed by atoms with Crippen molar-refractivity contribution in [1.29, 1.82) is 0 Å². The van der Waals surface area contributed by atoms with Crippen molar-refractivity contribution in [3.05, 3.63) is 35.4 Å². The van der Waals surface area contributed by atoms with Crippen molar-refractivity contribution < 1.29 is 4.21 Å². The van der Waals surface area contributed by atoms with Crippen molar-refractivity contribution in [3.63, 3.8) is 0 Å². The summed E-state index contributed by atoms with van der Waals surface area (Å²) in [5, 5.41) is 0. The van der Waals surface area contributed by atoms with Crippen LogP contribution in [0.25, 0.3) is 0 Å². The number of hydrogen-bond donors (Lipinski definition) is 1. The molecular weight excluding hydrogens is 230 g/mol. The summed E-state index contributed by atoms with van der Waals surface area (Å²) in [6, 6.07) is 8.03. The van der Waals surface area contributed by atoms with Crippen molar-refractivity contribution in [2.75, 3.05) is 11.5 Å². The molecule has 0 amide bonds. The molecule has 1 aromatic rings. The first kappa shape index (κ1) is 14.4. The molecule has 0 heterocycles. The average Bonchev–Trinajstić information content (AvgIpc) is 2.28. The lowest BCUT2D eigenvalue weighted by Crippen LogP contribution is -2.21. The van der Waals surface area contributed by atoms with Gasteiger partial charge in [-0.05, 0) is 18.4 Å². The second kappa shape index (κ2) is 6.92. The van der Waals surface area contributed by atoms with Crippen LogP contribution in [-0.4, -0.2) is 15.7 Å². The molecule has 0 saturated heterocycles. The molecule has 0 spiro atoms. The topological polar surface area (TPSA) is 43.1 Å². The van der Waals surface area contributed by atoms with E-state index in [2.05, 4.69) is 19.9 Å². The molecule has 2 nitrogen and oxygen atoms in total. The number of nitrogens with two attached hydrogens (primary N) is 1. The molecular formula is C14H23NOS. The standard InChI is InChI=1S/C14H23NOS/c1-4-11(2)9-17(16)10-14(15)13-7-5-6-12(3)8-13/h5-8,11,14H,4,9-10,15H2,1-3H3. The van der Waals surface area contributed by atoms with Crippen LogP contribution < -0.4 is 5.73 Å². The van der Waals surface area contributed by atoms with E-state index in [-0.39, 0.29) is 6.04 Å². The first-order valence-electron chi connectivity index (χ1n) is 6.20. The van der Waals surface area contributed by atoms with Gasteiger partial charge in [0.15, 0.2) is 0 Å². The molecule has 0 radical (unpaired) electrons. The number of aryl methyl sites for hydroxylation is 1. The van der Waals surface area contributed by atoms with Gasteiger partial charge >= 0.3 is 0 Å². The van der Waals surface area contributed by atoms with E-state index in [1.54, 1.807) is 0 Å². The van der Waals surface area contributed by atoms with Gasteiger partial charge in [0.1, 0.15) is 0 Å². The summed E-state index contributed by atoms with van der Waals surface area (Å²) < 4.78 is 11.9. The van der Waals surface area contributed by atoms with Crippen LogP contribution in [0.2, 0.25) is 0 Å². The smallest absolute Gasteiger partial charge is 0.0428 e. The highest BCUT2D eigenvalue weighted by Gasteiger charge is 2.12. The number of rotatable bonds is 6. The fourth-order valence-electron chi connectivity index (χ4n) is 1.70. The van der Waals surface area contributed by atoms with Gasteiger partial charge in [-0.1, -0.05) is 50.1 Å². The highest BCUT2D eigenvalue weighted by atomic mass is 32.2. The van der Waals surface area contributed by atoms with E-state index in [1.165, 1.54) is 5.56 Å². The Balaban J connectivity index is 2.54. The predicted molar refractivity (Wildman–Crippen MR) is 75.4 cm³/mol. The quantitative estimate of drug-likeness (QED) is 0.847. The predicted octanol–water partition coefficient (Wildman–Crippen LogP) is 2.79. The summed E-state index contributed by atoms with van der Waals surface area (Å²) in [5.41, 5.74) is 8.37. The first-order chi connectivity index (χ1) is 8.02. The monoisotopic (exact) mass is 253 g/mol. The van der Waals surface area contributed by atoms with Crippen LogP contribution in [0.4, 0.5) is 0 Å². The molecule has 0 bridgehead atoms. The largest absolute Gasteiger partial charge is 0.323 e. The third-order valence-corrected chi connectivity index (χ3v) is 4.67. The molecule has 0 aromatic heterocycles. The molecule has 1 aromatic carbocycles. The van der Waals surface area contributed by atoms with Crippen molar-refractivity contribution in [2.45, 2.75) is 33.2 Å². The fourth-order valence-corrected chi connectivity index (χ4v) is 3.30. The van der Waals surface area contributed by atoms with E-state index in [0.717, 1.165) is 17.7 Å². The molecule has 96 valence electrons. The summed E-state index contributed by atoms with van der Waals surface area (Å²) in [7, 11) is -0.812. The second-order valence-corrected chi connectivity index (χ2v) is 6.35. The molecule has 3 heteroatoms. The SMILES string of the molecule is CCC(C)CS(=O)CC(N)c1cccc(C)c1. The fraction of sp³-hybridized carbons (Fsp3) is 0.571. The molecule has 0 aliphatic carbocycles. The van der Waals surface area contributed by atoms with Crippen molar-refractivity contribution >= 4 is 10.8 Å². The lowest BCUT2D eigenvalue weighted by Gasteiger charge is -2.14. The van der Waals surface area contributed by atoms with Crippen LogP contribution in [-0.2, 0) is 10.8 Å². The summed E-state index contributed by atoms with van der Waals surface area (Å²) in [6.07, 6.45) is 1.07. The molecule has 3 unspecified atom stereocenters. The molecule has 2 N–H and O–H groups in total. The van der Waals surface area contributed by atoms with Crippen LogP contribution >= 0.6 is 0 Å². The van der Waals surface area contributed by atoms with Gasteiger partial charge in [-0.3, -0.25) is 4.21 Å². The Morgan fingerprint density at radius 3 is 2.65 bits per heavy atom. The lowest BCUT2D eigenvalue weighted by molar-refractivity contribution is 0.612. The average molecular weight is 253 g/mol. The maximum absolute atomic E-state index is 11.9. The van der Waals surface area contributed by atoms with Crippen LogP contribution in [0.15, 0.2) is 24.3 Å². The van der Waals surface area contributed by atoms with E-state index in [1.807, 2.05) is 25.1 Å². The Bertz CT molecular complexity index is 378. The van der Waals surface area contributed by atoms with Crippen molar-refractivity contribution in [3.8, 4) is 0 Å². The van der Waals surface area contributed by atoms with Gasteiger partial charge in [0, 0.05) is 28.3 Å². The summed E-state index contributed by atoms with van der Waals surface area (Å²) >= 11 is 0. The molecule has 0 fully saturated rings. The third-order valence-electron chi connectivity index (χ3n) is 3.00. The highest BCUT2D eigenvalue weighted by Crippen LogP contribution is 2.14. The number of hydrogen-bond acceptors (Lipinski definition) is 2. The maximum atomic E-state index is 11.9. The van der Waals surface area contributed by atoms with Crippen LogP contribution in [0.1, 0.15) is 37.4 Å². The van der Waals surface area contributed by atoms with E-state index >= 15 is 0 Å². The summed E-state index contributed by atoms with van der Waals surface area (Å²) in [5.74, 6) is 1.84. The molecule has 0 saturated carbocycles. The molecule has 0 aliphatic rings. The Hall–Kier alpha value is -0.670. The first-order valence-corrected chi connectivity index (χ1v) is 7.68. The van der Waals surface area contributed by atoms with Gasteiger partial charge in [-0.2, -0.15) is 0 Å². The van der Waals surface area contributed by atoms with Crippen molar-refractivity contribution in [2.24, 2.45) is 11.7 Å². The minimum absolute atomic E-state index is 0.111. The minimum atomic E-state index is -0.812. The Kier molecular flexibility index (Phi) is 5.86. The van der Waals surface area contributed by atoms with E-state index in [4.69, 9.17) is 5.73 Å². The van der Waals surface area contributed by atoms with Gasteiger partial charge in [-0.25, -0.2) is 0 Å². The van der Waals surface area contributed by atoms with Gasteiger partial charge in [-0.15, -0.1) is 0 Å². The summed E-state index contributed by atoms with van der Waals surface area (Å²) in [6.45, 7) is 6.31. The molecule has 17 heavy (non-hydrogen) atoms. The third kappa shape index (κ3) is 5.00. The Labute approximate surface area is 107 Å². The number of benzene rings is 1. The van der Waals surface area contributed by atoms with Crippen LogP contribution in [0, 0.1) is 12.8 Å². The summed E-state index contributed by atoms with van der Waals surface area (Å²) in [4.78, 5) is 0. The van der Waals surface area contributed by atoms with Crippen LogP contribution in [0.3, 0.4) is 0 Å².